The number of pyridine rings is 1. The van der Waals surface area contributed by atoms with Crippen molar-refractivity contribution in [2.45, 2.75) is 19.9 Å². The van der Waals surface area contributed by atoms with Gasteiger partial charge in [0.05, 0.1) is 34.6 Å². The van der Waals surface area contributed by atoms with E-state index in [1.54, 1.807) is 13.8 Å². The van der Waals surface area contributed by atoms with Crippen LogP contribution in [-0.4, -0.2) is 42.2 Å². The summed E-state index contributed by atoms with van der Waals surface area (Å²) in [6.07, 6.45) is 0. The van der Waals surface area contributed by atoms with Crippen molar-refractivity contribution >= 4 is 58.5 Å². The number of urea groups is 1. The van der Waals surface area contributed by atoms with Crippen LogP contribution in [0.25, 0.3) is 0 Å². The topological polar surface area (TPSA) is 133 Å². The monoisotopic (exact) mass is 436 g/mol. The quantitative estimate of drug-likeness (QED) is 0.475. The molecule has 1 aliphatic rings. The molecule has 2 rings (SSSR count). The molecule has 1 atom stereocenters. The van der Waals surface area contributed by atoms with Crippen LogP contribution in [0.4, 0.5) is 10.5 Å². The predicted molar refractivity (Wildman–Crippen MR) is 98.8 cm³/mol. The summed E-state index contributed by atoms with van der Waals surface area (Å²) in [5, 5.41) is 4.39. The molecule has 0 unspecified atom stereocenters. The van der Waals surface area contributed by atoms with Gasteiger partial charge >= 0.3 is 18.0 Å². The number of nitrogen functional groups attached to an aromatic ring is 1. The molecule has 1 aromatic rings. The first-order valence-electron chi connectivity index (χ1n) is 7.62. The number of ether oxygens (including phenoxy) is 2. The molecule has 4 N–H and O–H groups in total. The molecule has 0 aromatic carbocycles. The van der Waals surface area contributed by atoms with Crippen molar-refractivity contribution in [3.8, 4) is 0 Å². The molecule has 0 bridgehead atoms. The van der Waals surface area contributed by atoms with Crippen LogP contribution in [0.2, 0.25) is 15.2 Å². The molecular formula is C15H15Cl3N4O5. The Kier molecular flexibility index (Phi) is 6.74. The molecule has 146 valence electrons. The molecule has 0 spiro atoms. The van der Waals surface area contributed by atoms with Gasteiger partial charge in [0, 0.05) is 0 Å². The van der Waals surface area contributed by atoms with Crippen LogP contribution in [0.5, 0.6) is 0 Å². The Hall–Kier alpha value is -2.23. The smallest absolute Gasteiger partial charge is 0.359 e. The Morgan fingerprint density at radius 3 is 2.48 bits per heavy atom. The Morgan fingerprint density at radius 2 is 1.85 bits per heavy atom. The van der Waals surface area contributed by atoms with Crippen LogP contribution < -0.4 is 16.4 Å². The Morgan fingerprint density at radius 1 is 1.19 bits per heavy atom. The van der Waals surface area contributed by atoms with Crippen molar-refractivity contribution in [3.63, 3.8) is 0 Å². The number of hydrogen-bond acceptors (Lipinski definition) is 7. The average molecular weight is 438 g/mol. The molecule has 0 saturated heterocycles. The molecule has 1 aliphatic heterocycles. The number of anilines is 1. The number of amides is 2. The Labute approximate surface area is 169 Å². The molecular weight excluding hydrogens is 423 g/mol. The number of carbonyl (C=O) groups is 3. The second-order valence-corrected chi connectivity index (χ2v) is 6.42. The first-order valence-corrected chi connectivity index (χ1v) is 8.75. The number of halogens is 3. The van der Waals surface area contributed by atoms with Gasteiger partial charge in [-0.3, -0.25) is 0 Å². The van der Waals surface area contributed by atoms with Crippen molar-refractivity contribution in [2.75, 3.05) is 18.9 Å². The minimum Gasteiger partial charge on any atom is -0.463 e. The maximum atomic E-state index is 12.3. The molecule has 0 aliphatic carbocycles. The molecule has 9 nitrogen and oxygen atoms in total. The normalized spacial score (nSPS) is 16.5. The standard InChI is InChI=1S/C15H15Cl3N4O5/c1-3-26-13(23)7-5(2)20-15(25)21-6(7)4-27-14(24)11-8(16)10(19)9(17)12(18)22-11/h5H,3-4H2,1-2H3,(H2,19,22)(H2,20,21,25)/t5-/m1/s1. The minimum atomic E-state index is -0.971. The van der Waals surface area contributed by atoms with E-state index in [9.17, 15) is 14.4 Å². The van der Waals surface area contributed by atoms with Crippen molar-refractivity contribution in [1.82, 2.24) is 15.6 Å². The second-order valence-electron chi connectivity index (χ2n) is 5.30. The summed E-state index contributed by atoms with van der Waals surface area (Å²) in [7, 11) is 0. The van der Waals surface area contributed by atoms with Gasteiger partial charge in [-0.05, 0) is 13.8 Å². The van der Waals surface area contributed by atoms with E-state index in [4.69, 9.17) is 50.0 Å². The highest BCUT2D eigenvalue weighted by Gasteiger charge is 2.31. The van der Waals surface area contributed by atoms with E-state index in [1.165, 1.54) is 0 Å². The third-order valence-corrected chi connectivity index (χ3v) is 4.61. The fraction of sp³-hybridized carbons (Fsp3) is 0.333. The lowest BCUT2D eigenvalue weighted by Crippen LogP contribution is -2.50. The lowest BCUT2D eigenvalue weighted by atomic mass is 10.0. The van der Waals surface area contributed by atoms with Gasteiger partial charge in [-0.2, -0.15) is 0 Å². The molecule has 27 heavy (non-hydrogen) atoms. The molecule has 0 fully saturated rings. The van der Waals surface area contributed by atoms with Gasteiger partial charge in [0.25, 0.3) is 0 Å². The van der Waals surface area contributed by atoms with E-state index < -0.39 is 30.6 Å². The summed E-state index contributed by atoms with van der Waals surface area (Å²) in [6, 6.07) is -1.20. The van der Waals surface area contributed by atoms with E-state index in [-0.39, 0.29) is 44.5 Å². The maximum absolute atomic E-state index is 12.3. The van der Waals surface area contributed by atoms with Crippen LogP contribution in [0.3, 0.4) is 0 Å². The summed E-state index contributed by atoms with van der Waals surface area (Å²) in [5.41, 5.74) is 5.38. The van der Waals surface area contributed by atoms with Gasteiger partial charge < -0.3 is 25.8 Å². The lowest BCUT2D eigenvalue weighted by molar-refractivity contribution is -0.139. The number of rotatable bonds is 5. The first kappa shape index (κ1) is 21.1. The van der Waals surface area contributed by atoms with E-state index in [1.807, 2.05) is 0 Å². The van der Waals surface area contributed by atoms with E-state index >= 15 is 0 Å². The van der Waals surface area contributed by atoms with Gasteiger partial charge in [-0.1, -0.05) is 34.8 Å². The Balaban J connectivity index is 2.27. The summed E-state index contributed by atoms with van der Waals surface area (Å²) in [4.78, 5) is 39.8. The fourth-order valence-corrected chi connectivity index (χ4v) is 2.85. The number of esters is 2. The van der Waals surface area contributed by atoms with Crippen molar-refractivity contribution < 1.29 is 23.9 Å². The summed E-state index contributed by atoms with van der Waals surface area (Å²) in [6.45, 7) is 2.92. The number of aromatic nitrogens is 1. The summed E-state index contributed by atoms with van der Waals surface area (Å²) >= 11 is 17.6. The highest BCUT2D eigenvalue weighted by molar-refractivity contribution is 6.46. The predicted octanol–water partition coefficient (Wildman–Crippen LogP) is 2.30. The second kappa shape index (κ2) is 8.64. The molecule has 2 heterocycles. The third kappa shape index (κ3) is 4.55. The van der Waals surface area contributed by atoms with Crippen LogP contribution in [0, 0.1) is 0 Å². The van der Waals surface area contributed by atoms with Crippen LogP contribution in [0.15, 0.2) is 11.3 Å². The maximum Gasteiger partial charge on any atom is 0.359 e. The number of nitrogens with zero attached hydrogens (tertiary/aromatic N) is 1. The van der Waals surface area contributed by atoms with Crippen LogP contribution in [0.1, 0.15) is 24.3 Å². The van der Waals surface area contributed by atoms with Gasteiger partial charge in [-0.15, -0.1) is 0 Å². The summed E-state index contributed by atoms with van der Waals surface area (Å²) in [5.74, 6) is -1.63. The third-order valence-electron chi connectivity index (χ3n) is 3.48. The zero-order valence-electron chi connectivity index (χ0n) is 14.2. The summed E-state index contributed by atoms with van der Waals surface area (Å²) < 4.78 is 10.1. The van der Waals surface area contributed by atoms with Crippen molar-refractivity contribution in [1.29, 1.82) is 0 Å². The molecule has 1 aromatic heterocycles. The fourth-order valence-electron chi connectivity index (χ4n) is 2.27. The molecule has 0 radical (unpaired) electrons. The van der Waals surface area contributed by atoms with Crippen LogP contribution >= 0.6 is 34.8 Å². The van der Waals surface area contributed by atoms with Gasteiger partial charge in [0.15, 0.2) is 10.8 Å². The van der Waals surface area contributed by atoms with Gasteiger partial charge in [-0.25, -0.2) is 19.4 Å². The molecule has 0 saturated carbocycles. The number of hydrogen-bond donors (Lipinski definition) is 3. The average Bonchev–Trinajstić information content (AvgIpc) is 2.60. The SMILES string of the molecule is CCOC(=O)C1=C(COC(=O)c2nc(Cl)c(Cl)c(N)c2Cl)NC(=O)N[C@@H]1C. The highest BCUT2D eigenvalue weighted by Crippen LogP contribution is 2.34. The van der Waals surface area contributed by atoms with E-state index in [0.29, 0.717) is 0 Å². The van der Waals surface area contributed by atoms with E-state index in [0.717, 1.165) is 0 Å². The zero-order valence-corrected chi connectivity index (χ0v) is 16.5. The number of nitrogens with two attached hydrogens (primary N) is 1. The largest absolute Gasteiger partial charge is 0.463 e. The van der Waals surface area contributed by atoms with Crippen molar-refractivity contribution in [3.05, 3.63) is 32.2 Å². The van der Waals surface area contributed by atoms with E-state index in [2.05, 4.69) is 15.6 Å². The Bertz CT molecular complexity index is 843. The zero-order chi connectivity index (χ0) is 20.3. The van der Waals surface area contributed by atoms with Gasteiger partial charge in [0.1, 0.15) is 11.6 Å². The minimum absolute atomic E-state index is 0.0715. The number of carbonyl (C=O) groups excluding carboxylic acids is 3. The van der Waals surface area contributed by atoms with Crippen LogP contribution in [-0.2, 0) is 14.3 Å². The molecule has 2 amide bonds. The van der Waals surface area contributed by atoms with Crippen molar-refractivity contribution in [2.24, 2.45) is 0 Å². The van der Waals surface area contributed by atoms with Gasteiger partial charge in [0.2, 0.25) is 0 Å². The highest BCUT2D eigenvalue weighted by atomic mass is 35.5. The first-order chi connectivity index (χ1) is 12.7. The lowest BCUT2D eigenvalue weighted by Gasteiger charge is -2.26. The molecule has 12 heteroatoms. The number of nitrogens with one attached hydrogen (secondary N) is 2.